The van der Waals surface area contributed by atoms with Crippen molar-refractivity contribution in [1.82, 2.24) is 9.55 Å². The molecule has 1 aliphatic heterocycles. The van der Waals surface area contributed by atoms with E-state index in [1.165, 1.54) is 0 Å². The van der Waals surface area contributed by atoms with Gasteiger partial charge in [-0.25, -0.2) is 4.98 Å². The summed E-state index contributed by atoms with van der Waals surface area (Å²) in [6, 6.07) is 0. The number of hydrogen-bond donors (Lipinski definition) is 1. The maximum absolute atomic E-state index is 12.1. The van der Waals surface area contributed by atoms with Gasteiger partial charge in [-0.05, 0) is 32.2 Å². The summed E-state index contributed by atoms with van der Waals surface area (Å²) in [6.45, 7) is 5.09. The lowest BCUT2D eigenvalue weighted by Crippen LogP contribution is -2.42. The lowest BCUT2D eigenvalue weighted by atomic mass is 9.98. The average molecular weight is 236 g/mol. The van der Waals surface area contributed by atoms with Gasteiger partial charge in [0.2, 0.25) is 0 Å². The fourth-order valence-electron chi connectivity index (χ4n) is 2.35. The van der Waals surface area contributed by atoms with Gasteiger partial charge in [0.05, 0.1) is 0 Å². The number of anilines is 1. The highest BCUT2D eigenvalue weighted by Crippen LogP contribution is 2.18. The van der Waals surface area contributed by atoms with Crippen molar-refractivity contribution >= 4 is 5.82 Å². The summed E-state index contributed by atoms with van der Waals surface area (Å²) in [5.41, 5.74) is 5.71. The van der Waals surface area contributed by atoms with Gasteiger partial charge in [0.15, 0.2) is 5.82 Å². The topological polar surface area (TPSA) is 64.2 Å². The van der Waals surface area contributed by atoms with Gasteiger partial charge in [0, 0.05) is 32.0 Å². The molecular formula is C12H20N4O. The molecule has 0 saturated carbocycles. The van der Waals surface area contributed by atoms with E-state index in [9.17, 15) is 4.79 Å². The molecule has 2 rings (SSSR count). The molecule has 0 amide bonds. The summed E-state index contributed by atoms with van der Waals surface area (Å²) in [7, 11) is 0. The molecule has 0 spiro atoms. The minimum atomic E-state index is 0.00710. The standard InChI is InChI=1S/C12H20N4O/c1-2-15-7-5-14-11(12(15)17)16-6-3-4-10(8-13)9-16/h5,7,10H,2-4,6,8-9,13H2,1H3. The SMILES string of the molecule is CCn1ccnc(N2CCCC(CN)C2)c1=O. The first kappa shape index (κ1) is 12.1. The van der Waals surface area contributed by atoms with Crippen LogP contribution in [-0.4, -0.2) is 29.2 Å². The van der Waals surface area contributed by atoms with Crippen LogP contribution in [0.4, 0.5) is 5.82 Å². The van der Waals surface area contributed by atoms with E-state index in [1.807, 2.05) is 6.92 Å². The van der Waals surface area contributed by atoms with Crippen LogP contribution in [-0.2, 0) is 6.54 Å². The van der Waals surface area contributed by atoms with Gasteiger partial charge < -0.3 is 15.2 Å². The molecule has 0 radical (unpaired) electrons. The third-order valence-corrected chi connectivity index (χ3v) is 3.39. The van der Waals surface area contributed by atoms with E-state index in [4.69, 9.17) is 5.73 Å². The van der Waals surface area contributed by atoms with E-state index >= 15 is 0 Å². The second kappa shape index (κ2) is 5.31. The summed E-state index contributed by atoms with van der Waals surface area (Å²) in [5.74, 6) is 1.06. The molecule has 5 heteroatoms. The maximum Gasteiger partial charge on any atom is 0.293 e. The maximum atomic E-state index is 12.1. The molecule has 0 aliphatic carbocycles. The number of nitrogens with two attached hydrogens (primary N) is 1. The molecule has 0 aromatic carbocycles. The molecular weight excluding hydrogens is 216 g/mol. The number of rotatable bonds is 3. The lowest BCUT2D eigenvalue weighted by Gasteiger charge is -2.32. The van der Waals surface area contributed by atoms with Crippen molar-refractivity contribution in [3.05, 3.63) is 22.7 Å². The van der Waals surface area contributed by atoms with Crippen molar-refractivity contribution < 1.29 is 0 Å². The monoisotopic (exact) mass is 236 g/mol. The van der Waals surface area contributed by atoms with Gasteiger partial charge in [-0.15, -0.1) is 0 Å². The molecule has 1 saturated heterocycles. The first-order valence-electron chi connectivity index (χ1n) is 6.26. The fourth-order valence-corrected chi connectivity index (χ4v) is 2.35. The zero-order valence-corrected chi connectivity index (χ0v) is 10.3. The number of nitrogens with zero attached hydrogens (tertiary/aromatic N) is 3. The Morgan fingerprint density at radius 1 is 1.59 bits per heavy atom. The van der Waals surface area contributed by atoms with E-state index in [2.05, 4.69) is 9.88 Å². The summed E-state index contributed by atoms with van der Waals surface area (Å²) in [4.78, 5) is 18.4. The second-order valence-corrected chi connectivity index (χ2v) is 4.53. The van der Waals surface area contributed by atoms with Crippen LogP contribution < -0.4 is 16.2 Å². The lowest BCUT2D eigenvalue weighted by molar-refractivity contribution is 0.420. The Kier molecular flexibility index (Phi) is 3.78. The van der Waals surface area contributed by atoms with E-state index in [1.54, 1.807) is 17.0 Å². The number of aromatic nitrogens is 2. The third-order valence-electron chi connectivity index (χ3n) is 3.39. The Hall–Kier alpha value is -1.36. The van der Waals surface area contributed by atoms with Crippen molar-refractivity contribution in [3.8, 4) is 0 Å². The van der Waals surface area contributed by atoms with Crippen LogP contribution in [0.1, 0.15) is 19.8 Å². The van der Waals surface area contributed by atoms with E-state index in [-0.39, 0.29) is 5.56 Å². The fraction of sp³-hybridized carbons (Fsp3) is 0.667. The summed E-state index contributed by atoms with van der Waals surface area (Å²) in [6.07, 6.45) is 5.67. The molecule has 1 unspecified atom stereocenters. The molecule has 5 nitrogen and oxygen atoms in total. The molecule has 2 N–H and O–H groups in total. The first-order chi connectivity index (χ1) is 8.26. The Morgan fingerprint density at radius 3 is 3.12 bits per heavy atom. The first-order valence-corrected chi connectivity index (χ1v) is 6.26. The smallest absolute Gasteiger partial charge is 0.293 e. The minimum absolute atomic E-state index is 0.00710. The van der Waals surface area contributed by atoms with Crippen LogP contribution in [0.2, 0.25) is 0 Å². The van der Waals surface area contributed by atoms with Gasteiger partial charge in [-0.1, -0.05) is 0 Å². The quantitative estimate of drug-likeness (QED) is 0.827. The van der Waals surface area contributed by atoms with E-state index in [0.29, 0.717) is 24.8 Å². The molecule has 1 atom stereocenters. The normalized spacial score (nSPS) is 20.6. The largest absolute Gasteiger partial charge is 0.352 e. The molecule has 1 aliphatic rings. The number of piperidine rings is 1. The van der Waals surface area contributed by atoms with Gasteiger partial charge in [0.25, 0.3) is 5.56 Å². The van der Waals surface area contributed by atoms with Crippen LogP contribution in [0.5, 0.6) is 0 Å². The van der Waals surface area contributed by atoms with Gasteiger partial charge in [-0.3, -0.25) is 4.79 Å². The molecule has 2 heterocycles. The zero-order chi connectivity index (χ0) is 12.3. The highest BCUT2D eigenvalue weighted by molar-refractivity contribution is 5.36. The molecule has 1 aromatic rings. The van der Waals surface area contributed by atoms with Crippen LogP contribution in [0.25, 0.3) is 0 Å². The Bertz CT molecular complexity index is 429. The van der Waals surface area contributed by atoms with Gasteiger partial charge in [-0.2, -0.15) is 0 Å². The van der Waals surface area contributed by atoms with Crippen LogP contribution in [0.3, 0.4) is 0 Å². The summed E-state index contributed by atoms with van der Waals surface area (Å²) in [5, 5.41) is 0. The predicted octanol–water partition coefficient (Wildman–Crippen LogP) is 0.438. The number of hydrogen-bond acceptors (Lipinski definition) is 4. The summed E-state index contributed by atoms with van der Waals surface area (Å²) < 4.78 is 1.69. The predicted molar refractivity (Wildman–Crippen MR) is 68.2 cm³/mol. The Morgan fingerprint density at radius 2 is 2.41 bits per heavy atom. The molecule has 94 valence electrons. The molecule has 17 heavy (non-hydrogen) atoms. The van der Waals surface area contributed by atoms with Crippen LogP contribution in [0.15, 0.2) is 17.2 Å². The van der Waals surface area contributed by atoms with Crippen molar-refractivity contribution in [1.29, 1.82) is 0 Å². The van der Waals surface area contributed by atoms with Crippen molar-refractivity contribution in [3.63, 3.8) is 0 Å². The van der Waals surface area contributed by atoms with Crippen molar-refractivity contribution in [2.75, 3.05) is 24.5 Å². The highest BCUT2D eigenvalue weighted by atomic mass is 16.1. The van der Waals surface area contributed by atoms with Crippen molar-refractivity contribution in [2.24, 2.45) is 11.7 Å². The molecule has 1 aromatic heterocycles. The average Bonchev–Trinajstić information content (AvgIpc) is 2.39. The second-order valence-electron chi connectivity index (χ2n) is 4.53. The summed E-state index contributed by atoms with van der Waals surface area (Å²) >= 11 is 0. The van der Waals surface area contributed by atoms with E-state index < -0.39 is 0 Å². The van der Waals surface area contributed by atoms with Gasteiger partial charge in [0.1, 0.15) is 0 Å². The Labute approximate surface area is 101 Å². The van der Waals surface area contributed by atoms with Crippen molar-refractivity contribution in [2.45, 2.75) is 26.3 Å². The highest BCUT2D eigenvalue weighted by Gasteiger charge is 2.21. The van der Waals surface area contributed by atoms with Crippen LogP contribution >= 0.6 is 0 Å². The Balaban J connectivity index is 2.24. The zero-order valence-electron chi connectivity index (χ0n) is 10.3. The number of aryl methyl sites for hydroxylation is 1. The van der Waals surface area contributed by atoms with Gasteiger partial charge >= 0.3 is 0 Å². The third kappa shape index (κ3) is 2.49. The van der Waals surface area contributed by atoms with Crippen LogP contribution in [0, 0.1) is 5.92 Å². The minimum Gasteiger partial charge on any atom is -0.352 e. The molecule has 1 fully saturated rings. The molecule has 0 bridgehead atoms. The van der Waals surface area contributed by atoms with E-state index in [0.717, 1.165) is 25.9 Å².